The van der Waals surface area contributed by atoms with Crippen LogP contribution in [-0.2, 0) is 39.2 Å². The minimum Gasteiger partial charge on any atom is -0.492 e. The van der Waals surface area contributed by atoms with E-state index in [1.165, 1.54) is 25.4 Å². The molecule has 2 atom stereocenters. The van der Waals surface area contributed by atoms with Gasteiger partial charge in [-0.3, -0.25) is 19.9 Å². The van der Waals surface area contributed by atoms with Crippen LogP contribution in [0, 0.1) is 12.3 Å². The first-order valence-electron chi connectivity index (χ1n) is 18.4. The van der Waals surface area contributed by atoms with Gasteiger partial charge in [0.15, 0.2) is 9.84 Å². The number of aliphatic hydroxyl groups is 2. The minimum atomic E-state index is -3.52. The Morgan fingerprint density at radius 2 is 1.67 bits per heavy atom. The van der Waals surface area contributed by atoms with E-state index in [-0.39, 0.29) is 41.2 Å². The number of hydrogen-bond acceptors (Lipinski definition) is 12. The molecule has 1 saturated heterocycles. The Labute approximate surface area is 347 Å². The lowest BCUT2D eigenvalue weighted by Gasteiger charge is -2.25. The van der Waals surface area contributed by atoms with Crippen LogP contribution in [0.15, 0.2) is 71.9 Å². The normalized spacial score (nSPS) is 16.8. The number of likely N-dealkylation sites (tertiary alicyclic amines) is 1. The lowest BCUT2D eigenvalue weighted by atomic mass is 9.88. The molecule has 1 fully saturated rings. The van der Waals surface area contributed by atoms with Crippen molar-refractivity contribution in [3.63, 3.8) is 0 Å². The van der Waals surface area contributed by atoms with Crippen LogP contribution in [0.25, 0.3) is 11.1 Å². The van der Waals surface area contributed by atoms with E-state index in [4.69, 9.17) is 37.4 Å². The number of sulfone groups is 1. The van der Waals surface area contributed by atoms with Crippen molar-refractivity contribution in [1.82, 2.24) is 15.2 Å². The number of nitrogens with zero attached hydrogens (tertiary/aromatic N) is 2. The Morgan fingerprint density at radius 3 is 2.34 bits per heavy atom. The van der Waals surface area contributed by atoms with Crippen LogP contribution in [0.5, 0.6) is 17.2 Å². The fourth-order valence-corrected chi connectivity index (χ4v) is 7.60. The van der Waals surface area contributed by atoms with Crippen LogP contribution in [0.2, 0.25) is 10.0 Å². The summed E-state index contributed by atoms with van der Waals surface area (Å²) in [6.07, 6.45) is 4.83. The van der Waals surface area contributed by atoms with E-state index >= 15 is 0 Å². The number of aromatic nitrogens is 1. The maximum absolute atomic E-state index is 12.1. The Bertz CT molecular complexity index is 2240. The molecule has 0 saturated carbocycles. The molecule has 312 valence electrons. The number of halogens is 2. The number of aliphatic carboxylic acids is 2. The van der Waals surface area contributed by atoms with E-state index in [0.29, 0.717) is 61.0 Å². The molecule has 1 aliphatic rings. The van der Waals surface area contributed by atoms with Crippen LogP contribution >= 0.6 is 23.2 Å². The van der Waals surface area contributed by atoms with E-state index in [1.54, 1.807) is 18.2 Å². The molecular weight excluding hydrogens is 813 g/mol. The number of aliphatic hydroxyl groups excluding tert-OH is 2. The maximum Gasteiger partial charge on any atom is 0.326 e. The van der Waals surface area contributed by atoms with Crippen molar-refractivity contribution in [3.05, 3.63) is 99.3 Å². The Hall–Kier alpha value is -4.48. The number of carboxylic acids is 2. The second-order valence-corrected chi connectivity index (χ2v) is 17.4. The lowest BCUT2D eigenvalue weighted by molar-refractivity contribution is -0.150. The van der Waals surface area contributed by atoms with Gasteiger partial charge in [0.05, 0.1) is 34.8 Å². The second kappa shape index (κ2) is 19.1. The van der Waals surface area contributed by atoms with Crippen LogP contribution in [-0.4, -0.2) is 102 Å². The van der Waals surface area contributed by atoms with Crippen molar-refractivity contribution in [2.45, 2.75) is 56.9 Å². The maximum atomic E-state index is 12.1. The third-order valence-electron chi connectivity index (χ3n) is 10.3. The number of hydrogen-bond donors (Lipinski definition) is 5. The number of carboxylic acid groups (broad SMARTS) is 2. The molecule has 5 N–H and O–H groups in total. The summed E-state index contributed by atoms with van der Waals surface area (Å²) in [6, 6.07) is 15.9. The van der Waals surface area contributed by atoms with E-state index < -0.39 is 45.9 Å². The summed E-state index contributed by atoms with van der Waals surface area (Å²) in [7, 11) is -3.52. The molecule has 14 nitrogen and oxygen atoms in total. The highest BCUT2D eigenvalue weighted by Crippen LogP contribution is 2.39. The monoisotopic (exact) mass is 859 g/mol. The zero-order chi connectivity index (χ0) is 42.3. The van der Waals surface area contributed by atoms with Gasteiger partial charge in [0.25, 0.3) is 0 Å². The summed E-state index contributed by atoms with van der Waals surface area (Å²) in [5, 5.41) is 42.1. The van der Waals surface area contributed by atoms with E-state index in [0.717, 1.165) is 28.5 Å². The molecule has 0 aliphatic carbocycles. The number of nitrogens with one attached hydrogen (secondary N) is 1. The Kier molecular flexibility index (Phi) is 14.7. The van der Waals surface area contributed by atoms with Gasteiger partial charge in [-0.2, -0.15) is 0 Å². The van der Waals surface area contributed by atoms with Gasteiger partial charge in [-0.1, -0.05) is 53.5 Å². The van der Waals surface area contributed by atoms with Gasteiger partial charge in [-0.05, 0) is 68.1 Å². The van der Waals surface area contributed by atoms with Gasteiger partial charge >= 0.3 is 11.9 Å². The second-order valence-electron chi connectivity index (χ2n) is 14.6. The van der Waals surface area contributed by atoms with Gasteiger partial charge in [-0.15, -0.1) is 0 Å². The molecule has 2 heterocycles. The molecule has 4 aromatic rings. The molecule has 5 rings (SSSR count). The molecule has 0 amide bonds. The molecule has 17 heteroatoms. The first-order valence-corrected chi connectivity index (χ1v) is 21.0. The number of rotatable bonds is 20. The smallest absolute Gasteiger partial charge is 0.326 e. The average molecular weight is 861 g/mol. The molecule has 0 spiro atoms. The van der Waals surface area contributed by atoms with Gasteiger partial charge in [0.2, 0.25) is 0 Å². The van der Waals surface area contributed by atoms with E-state index in [9.17, 15) is 38.4 Å². The molecule has 1 unspecified atom stereocenters. The standard InChI is InChI=1S/C41H47Cl2N3O11S/c1-26-28(7-4-8-31(26)32-9-5-10-34(37(32)43)55-14-6-12-46-13-11-41(23-46,25-48)39(51)52)22-57-36-17-35(56-21-27-15-30(20-44-18-27)58(3,53)54)29(16-33(36)42)19-45-40(2,24-47)38(49)50/h4-5,7-10,15-18,20,45,47-48H,6,11-14,19,21-25H2,1-3H3,(H,49,50)(H,51,52)/t40-,41?/m0/s1. The molecule has 1 aliphatic heterocycles. The third kappa shape index (κ3) is 10.6. The Balaban J connectivity index is 1.30. The van der Waals surface area contributed by atoms with Crippen molar-refractivity contribution in [1.29, 1.82) is 0 Å². The number of benzene rings is 3. The fourth-order valence-electron chi connectivity index (χ4n) is 6.46. The predicted octanol–water partition coefficient (Wildman–Crippen LogP) is 5.39. The Morgan fingerprint density at radius 1 is 0.948 bits per heavy atom. The number of pyridine rings is 1. The van der Waals surface area contributed by atoms with Crippen molar-refractivity contribution in [2.24, 2.45) is 5.41 Å². The number of ether oxygens (including phenoxy) is 3. The van der Waals surface area contributed by atoms with Gasteiger partial charge in [-0.25, -0.2) is 8.42 Å². The first-order chi connectivity index (χ1) is 27.5. The lowest BCUT2D eigenvalue weighted by Crippen LogP contribution is -2.52. The summed E-state index contributed by atoms with van der Waals surface area (Å²) < 4.78 is 42.6. The quantitative estimate of drug-likeness (QED) is 0.0708. The van der Waals surface area contributed by atoms with Gasteiger partial charge in [0.1, 0.15) is 41.4 Å². The van der Waals surface area contributed by atoms with Crippen LogP contribution in [0.4, 0.5) is 0 Å². The predicted molar refractivity (Wildman–Crippen MR) is 217 cm³/mol. The van der Waals surface area contributed by atoms with Crippen LogP contribution in [0.3, 0.4) is 0 Å². The van der Waals surface area contributed by atoms with Crippen LogP contribution in [0.1, 0.15) is 42.0 Å². The highest BCUT2D eigenvalue weighted by molar-refractivity contribution is 7.90. The van der Waals surface area contributed by atoms with Crippen molar-refractivity contribution in [3.8, 4) is 28.4 Å². The molecule has 1 aromatic heterocycles. The zero-order valence-electron chi connectivity index (χ0n) is 32.3. The summed E-state index contributed by atoms with van der Waals surface area (Å²) in [5.74, 6) is -1.19. The van der Waals surface area contributed by atoms with Crippen molar-refractivity contribution >= 4 is 45.0 Å². The fraction of sp³-hybridized carbons (Fsp3) is 0.390. The molecular formula is C41H47Cl2N3O11S. The average Bonchev–Trinajstić information content (AvgIpc) is 3.63. The minimum absolute atomic E-state index is 0.0264. The first kappa shape index (κ1) is 44.6. The van der Waals surface area contributed by atoms with Crippen LogP contribution < -0.4 is 19.5 Å². The summed E-state index contributed by atoms with van der Waals surface area (Å²) in [5.41, 5.74) is 1.49. The van der Waals surface area contributed by atoms with E-state index in [2.05, 4.69) is 10.3 Å². The SMILES string of the molecule is Cc1c(COc2cc(OCc3cncc(S(C)(=O)=O)c3)c(CN[C@@](C)(CO)C(=O)O)cc2Cl)cccc1-c1cccc(OCCCN2CCC(CO)(C(=O)O)C2)c1Cl. The molecule has 0 bridgehead atoms. The van der Waals surface area contributed by atoms with Crippen molar-refractivity contribution in [2.75, 3.05) is 45.7 Å². The highest BCUT2D eigenvalue weighted by Gasteiger charge is 2.44. The molecule has 3 aromatic carbocycles. The molecule has 0 radical (unpaired) electrons. The summed E-state index contributed by atoms with van der Waals surface area (Å²) in [6.45, 7) is 4.04. The summed E-state index contributed by atoms with van der Waals surface area (Å²) in [4.78, 5) is 29.6. The van der Waals surface area contributed by atoms with Gasteiger partial charge in [0, 0.05) is 61.0 Å². The largest absolute Gasteiger partial charge is 0.492 e. The number of carbonyl (C=O) groups is 2. The third-order valence-corrected chi connectivity index (χ3v) is 12.1. The topological polar surface area (TPSA) is 205 Å². The molecule has 58 heavy (non-hydrogen) atoms. The summed E-state index contributed by atoms with van der Waals surface area (Å²) >= 11 is 13.6. The van der Waals surface area contributed by atoms with Gasteiger partial charge < -0.3 is 39.5 Å². The highest BCUT2D eigenvalue weighted by atomic mass is 35.5. The zero-order valence-corrected chi connectivity index (χ0v) is 34.7. The van der Waals surface area contributed by atoms with E-state index in [1.807, 2.05) is 42.2 Å². The van der Waals surface area contributed by atoms with Crippen molar-refractivity contribution < 1.29 is 52.6 Å².